The molecule has 0 fully saturated rings. The third-order valence-corrected chi connectivity index (χ3v) is 4.67. The quantitative estimate of drug-likeness (QED) is 0.404. The van der Waals surface area contributed by atoms with E-state index in [1.807, 2.05) is 36.4 Å². The minimum atomic E-state index is -0.167. The largest absolute Gasteiger partial charge is 0.495 e. The van der Waals surface area contributed by atoms with E-state index in [9.17, 15) is 0 Å². The van der Waals surface area contributed by atoms with Crippen molar-refractivity contribution in [2.75, 3.05) is 14.2 Å². The average Bonchev–Trinajstić information content (AvgIpc) is 2.50. The summed E-state index contributed by atoms with van der Waals surface area (Å²) in [6, 6.07) is 11.9. The molecule has 1 unspecified atom stereocenters. The average molecular weight is 463 g/mol. The second-order valence-corrected chi connectivity index (χ2v) is 6.39. The first-order chi connectivity index (χ1) is 10.1. The van der Waals surface area contributed by atoms with Gasteiger partial charge in [0.1, 0.15) is 16.0 Å². The van der Waals surface area contributed by atoms with Crippen LogP contribution in [0.1, 0.15) is 17.2 Å². The van der Waals surface area contributed by atoms with E-state index in [1.165, 1.54) is 3.57 Å². The normalized spacial score (nSPS) is 12.0. The summed E-state index contributed by atoms with van der Waals surface area (Å²) < 4.78 is 12.8. The number of halogens is 2. The van der Waals surface area contributed by atoms with Crippen molar-refractivity contribution in [1.82, 2.24) is 5.43 Å². The molecule has 0 aliphatic heterocycles. The van der Waals surface area contributed by atoms with Gasteiger partial charge in [0.2, 0.25) is 0 Å². The third-order valence-electron chi connectivity index (χ3n) is 3.20. The van der Waals surface area contributed by atoms with Gasteiger partial charge in [0.05, 0.1) is 20.3 Å². The van der Waals surface area contributed by atoms with Gasteiger partial charge in [-0.25, -0.2) is 5.43 Å². The topological polar surface area (TPSA) is 56.5 Å². The highest BCUT2D eigenvalue weighted by Crippen LogP contribution is 2.41. The smallest absolute Gasteiger partial charge is 0.141 e. The molecule has 0 bridgehead atoms. The van der Waals surface area contributed by atoms with Crippen molar-refractivity contribution in [2.24, 2.45) is 5.84 Å². The van der Waals surface area contributed by atoms with E-state index in [0.717, 1.165) is 15.6 Å². The van der Waals surface area contributed by atoms with E-state index in [1.54, 1.807) is 14.2 Å². The number of nitrogens with two attached hydrogens (primary N) is 1. The van der Waals surface area contributed by atoms with Crippen LogP contribution in [0.3, 0.4) is 0 Å². The molecule has 0 aromatic heterocycles. The molecule has 2 aromatic carbocycles. The monoisotopic (exact) mass is 462 g/mol. The molecule has 21 heavy (non-hydrogen) atoms. The Morgan fingerprint density at radius 2 is 1.76 bits per heavy atom. The van der Waals surface area contributed by atoms with Crippen LogP contribution in [0, 0.1) is 3.57 Å². The fraction of sp³-hybridized carbons (Fsp3) is 0.200. The van der Waals surface area contributed by atoms with E-state index in [-0.39, 0.29) is 6.04 Å². The summed E-state index contributed by atoms with van der Waals surface area (Å²) in [5.41, 5.74) is 4.85. The Balaban J connectivity index is 2.52. The summed E-state index contributed by atoms with van der Waals surface area (Å²) in [4.78, 5) is 0. The molecule has 0 amide bonds. The van der Waals surface area contributed by atoms with Crippen molar-refractivity contribution in [3.05, 3.63) is 55.6 Å². The Hall–Kier alpha value is -0.830. The molecule has 3 N–H and O–H groups in total. The van der Waals surface area contributed by atoms with Gasteiger partial charge >= 0.3 is 0 Å². The second-order valence-electron chi connectivity index (χ2n) is 4.36. The molecule has 4 nitrogen and oxygen atoms in total. The molecule has 2 aromatic rings. The molecule has 0 radical (unpaired) electrons. The third kappa shape index (κ3) is 3.50. The Morgan fingerprint density at radius 3 is 2.29 bits per heavy atom. The van der Waals surface area contributed by atoms with Crippen molar-refractivity contribution < 1.29 is 9.47 Å². The molecule has 0 aliphatic rings. The Morgan fingerprint density at radius 1 is 1.10 bits per heavy atom. The van der Waals surface area contributed by atoms with Crippen LogP contribution in [0.4, 0.5) is 0 Å². The molecular formula is C15H16BrIN2O2. The highest BCUT2D eigenvalue weighted by molar-refractivity contribution is 14.1. The van der Waals surface area contributed by atoms with Gasteiger partial charge in [-0.05, 0) is 68.3 Å². The number of hydrogen-bond donors (Lipinski definition) is 2. The maximum atomic E-state index is 5.77. The molecule has 0 saturated heterocycles. The zero-order valence-corrected chi connectivity index (χ0v) is 15.4. The van der Waals surface area contributed by atoms with Crippen LogP contribution in [0.2, 0.25) is 0 Å². The summed E-state index contributed by atoms with van der Waals surface area (Å²) in [7, 11) is 3.25. The molecule has 6 heteroatoms. The summed E-state index contributed by atoms with van der Waals surface area (Å²) >= 11 is 5.79. The first-order valence-corrected chi connectivity index (χ1v) is 8.11. The number of rotatable bonds is 5. The number of hydrogen-bond acceptors (Lipinski definition) is 4. The van der Waals surface area contributed by atoms with E-state index in [4.69, 9.17) is 15.3 Å². The van der Waals surface area contributed by atoms with Crippen LogP contribution < -0.4 is 20.7 Å². The van der Waals surface area contributed by atoms with Gasteiger partial charge in [0.25, 0.3) is 0 Å². The summed E-state index contributed by atoms with van der Waals surface area (Å²) in [6.07, 6.45) is 0. The molecule has 0 heterocycles. The van der Waals surface area contributed by atoms with Crippen molar-refractivity contribution in [1.29, 1.82) is 0 Å². The molecule has 2 rings (SSSR count). The van der Waals surface area contributed by atoms with Crippen LogP contribution in [0.15, 0.2) is 40.9 Å². The zero-order valence-electron chi connectivity index (χ0n) is 11.7. The standard InChI is InChI=1S/C15H16BrIN2O2/c1-20-12-8-7-11(15(21-2)13(12)16)14(19-18)9-3-5-10(17)6-4-9/h3-8,14,19H,18H2,1-2H3. The van der Waals surface area contributed by atoms with Gasteiger partial charge in [-0.2, -0.15) is 0 Å². The number of ether oxygens (including phenoxy) is 2. The van der Waals surface area contributed by atoms with E-state index in [0.29, 0.717) is 11.5 Å². The number of hydrazine groups is 1. The molecule has 0 saturated carbocycles. The molecule has 0 aliphatic carbocycles. The van der Waals surface area contributed by atoms with Gasteiger partial charge in [0, 0.05) is 9.13 Å². The summed E-state index contributed by atoms with van der Waals surface area (Å²) in [6.45, 7) is 0. The second kappa shape index (κ2) is 7.44. The predicted octanol–water partition coefficient (Wildman–Crippen LogP) is 3.62. The Kier molecular flexibility index (Phi) is 5.86. The lowest BCUT2D eigenvalue weighted by Gasteiger charge is -2.21. The highest BCUT2D eigenvalue weighted by atomic mass is 127. The fourth-order valence-corrected chi connectivity index (χ4v) is 3.21. The molecule has 112 valence electrons. The predicted molar refractivity (Wildman–Crippen MR) is 95.6 cm³/mol. The van der Waals surface area contributed by atoms with Gasteiger partial charge in [0.15, 0.2) is 0 Å². The summed E-state index contributed by atoms with van der Waals surface area (Å²) in [5.74, 6) is 7.19. The summed E-state index contributed by atoms with van der Waals surface area (Å²) in [5, 5.41) is 0. The fourth-order valence-electron chi connectivity index (χ4n) is 2.17. The van der Waals surface area contributed by atoms with E-state index in [2.05, 4.69) is 43.9 Å². The number of benzene rings is 2. The van der Waals surface area contributed by atoms with Crippen molar-refractivity contribution in [3.63, 3.8) is 0 Å². The Bertz CT molecular complexity index is 620. The molecule has 1 atom stereocenters. The van der Waals surface area contributed by atoms with Crippen LogP contribution in [0.25, 0.3) is 0 Å². The van der Waals surface area contributed by atoms with Crippen LogP contribution in [0.5, 0.6) is 11.5 Å². The number of methoxy groups -OCH3 is 2. The van der Waals surface area contributed by atoms with Crippen molar-refractivity contribution in [3.8, 4) is 11.5 Å². The van der Waals surface area contributed by atoms with Gasteiger partial charge in [-0.3, -0.25) is 5.84 Å². The first kappa shape index (κ1) is 16.5. The van der Waals surface area contributed by atoms with Gasteiger partial charge < -0.3 is 9.47 Å². The minimum Gasteiger partial charge on any atom is -0.495 e. The lowest BCUT2D eigenvalue weighted by atomic mass is 9.98. The highest BCUT2D eigenvalue weighted by Gasteiger charge is 2.21. The SMILES string of the molecule is COc1ccc(C(NN)c2ccc(I)cc2)c(OC)c1Br. The lowest BCUT2D eigenvalue weighted by molar-refractivity contribution is 0.383. The first-order valence-electron chi connectivity index (χ1n) is 6.24. The number of nitrogens with one attached hydrogen (secondary N) is 1. The van der Waals surface area contributed by atoms with Crippen LogP contribution >= 0.6 is 38.5 Å². The van der Waals surface area contributed by atoms with Gasteiger partial charge in [-0.1, -0.05) is 12.1 Å². The maximum Gasteiger partial charge on any atom is 0.141 e. The minimum absolute atomic E-state index is 0.167. The molecule has 0 spiro atoms. The molecular weight excluding hydrogens is 447 g/mol. The van der Waals surface area contributed by atoms with Crippen LogP contribution in [-0.2, 0) is 0 Å². The zero-order chi connectivity index (χ0) is 15.4. The van der Waals surface area contributed by atoms with E-state index < -0.39 is 0 Å². The van der Waals surface area contributed by atoms with Crippen molar-refractivity contribution in [2.45, 2.75) is 6.04 Å². The lowest BCUT2D eigenvalue weighted by Crippen LogP contribution is -2.29. The van der Waals surface area contributed by atoms with Crippen LogP contribution in [-0.4, -0.2) is 14.2 Å². The van der Waals surface area contributed by atoms with Crippen molar-refractivity contribution >= 4 is 38.5 Å². The maximum absolute atomic E-state index is 5.77. The Labute approximate surface area is 146 Å². The van der Waals surface area contributed by atoms with Gasteiger partial charge in [-0.15, -0.1) is 0 Å². The van der Waals surface area contributed by atoms with E-state index >= 15 is 0 Å².